The first kappa shape index (κ1) is 19.4. The van der Waals surface area contributed by atoms with Crippen molar-refractivity contribution in [2.24, 2.45) is 0 Å². The number of benzene rings is 1. The van der Waals surface area contributed by atoms with Crippen LogP contribution in [0.1, 0.15) is 27.7 Å². The van der Waals surface area contributed by atoms with Crippen LogP contribution in [0.25, 0.3) is 0 Å². The quantitative estimate of drug-likeness (QED) is 0.553. The molecule has 0 fully saturated rings. The van der Waals surface area contributed by atoms with Crippen LogP contribution in [-0.2, 0) is 26.2 Å². The van der Waals surface area contributed by atoms with Crippen LogP contribution in [0.2, 0.25) is 5.02 Å². The molecule has 8 nitrogen and oxygen atoms in total. The van der Waals surface area contributed by atoms with Gasteiger partial charge < -0.3 is 9.15 Å². The van der Waals surface area contributed by atoms with Crippen molar-refractivity contribution in [1.82, 2.24) is 9.45 Å². The molecule has 0 N–H and O–H groups in total. The number of carbonyl (C=O) groups is 1. The van der Waals surface area contributed by atoms with E-state index in [2.05, 4.69) is 4.98 Å². The van der Waals surface area contributed by atoms with Crippen molar-refractivity contribution in [2.75, 3.05) is 14.2 Å². The lowest BCUT2D eigenvalue weighted by molar-refractivity contribution is -0.0258. The molecule has 0 radical (unpaired) electrons. The number of sulfonamides is 1. The van der Waals surface area contributed by atoms with E-state index in [1.54, 1.807) is 13.8 Å². The molecule has 2 rings (SSSR count). The molecule has 0 spiro atoms. The Morgan fingerprint density at radius 2 is 2.04 bits per heavy atom. The average molecular weight is 389 g/mol. The van der Waals surface area contributed by atoms with E-state index in [1.807, 2.05) is 0 Å². The number of carbonyl (C=O) groups excluding carboxylic acids is 1. The summed E-state index contributed by atoms with van der Waals surface area (Å²) in [4.78, 5) is 20.7. The largest absolute Gasteiger partial charge is 0.452 e. The van der Waals surface area contributed by atoms with Crippen molar-refractivity contribution < 1.29 is 27.2 Å². The molecule has 0 atom stereocenters. The molecule has 0 saturated heterocycles. The van der Waals surface area contributed by atoms with Crippen molar-refractivity contribution in [3.63, 3.8) is 0 Å². The number of hydrogen-bond donors (Lipinski definition) is 0. The monoisotopic (exact) mass is 388 g/mol. The second-order valence-electron chi connectivity index (χ2n) is 5.07. The number of aromatic nitrogens is 1. The van der Waals surface area contributed by atoms with Crippen LogP contribution < -0.4 is 0 Å². The van der Waals surface area contributed by atoms with Crippen LogP contribution in [0.5, 0.6) is 0 Å². The summed E-state index contributed by atoms with van der Waals surface area (Å²) in [5.41, 5.74) is 0.723. The predicted molar refractivity (Wildman–Crippen MR) is 88.5 cm³/mol. The Bertz CT molecular complexity index is 874. The third-order valence-electron chi connectivity index (χ3n) is 3.44. The van der Waals surface area contributed by atoms with Gasteiger partial charge in [-0.05, 0) is 32.0 Å². The second-order valence-corrected chi connectivity index (χ2v) is 7.38. The summed E-state index contributed by atoms with van der Waals surface area (Å²) in [5.74, 6) is 0.152. The highest BCUT2D eigenvalue weighted by atomic mass is 35.5. The fraction of sp³-hybridized carbons (Fsp3) is 0.333. The van der Waals surface area contributed by atoms with Gasteiger partial charge in [-0.25, -0.2) is 18.2 Å². The van der Waals surface area contributed by atoms with Gasteiger partial charge in [0.15, 0.2) is 6.61 Å². The van der Waals surface area contributed by atoms with Gasteiger partial charge in [0.25, 0.3) is 10.0 Å². The summed E-state index contributed by atoms with van der Waals surface area (Å²) in [6.45, 7) is 3.35. The number of hydroxylamine groups is 1. The number of esters is 1. The van der Waals surface area contributed by atoms with Gasteiger partial charge in [0.05, 0.1) is 23.4 Å². The number of rotatable bonds is 6. The molecule has 1 aromatic carbocycles. The van der Waals surface area contributed by atoms with E-state index in [4.69, 9.17) is 25.6 Å². The molecule has 136 valence electrons. The summed E-state index contributed by atoms with van der Waals surface area (Å²) < 4.78 is 35.7. The van der Waals surface area contributed by atoms with Crippen LogP contribution in [0, 0.1) is 13.8 Å². The summed E-state index contributed by atoms with van der Waals surface area (Å²) in [6, 6.07) is 3.79. The molecule has 0 unspecified atom stereocenters. The summed E-state index contributed by atoms with van der Waals surface area (Å²) >= 11 is 5.94. The molecule has 0 bridgehead atoms. The maximum atomic E-state index is 12.3. The van der Waals surface area contributed by atoms with E-state index >= 15 is 0 Å². The van der Waals surface area contributed by atoms with E-state index < -0.39 is 16.0 Å². The molecule has 0 saturated carbocycles. The number of nitrogens with zero attached hydrogens (tertiary/aromatic N) is 2. The zero-order chi connectivity index (χ0) is 18.8. The first-order valence-corrected chi connectivity index (χ1v) is 8.91. The third-order valence-corrected chi connectivity index (χ3v) is 5.60. The van der Waals surface area contributed by atoms with Gasteiger partial charge in [-0.3, -0.25) is 4.84 Å². The number of hydrogen-bond acceptors (Lipinski definition) is 7. The topological polar surface area (TPSA) is 98.9 Å². The summed E-state index contributed by atoms with van der Waals surface area (Å²) in [5, 5.41) is -0.0422. The van der Waals surface area contributed by atoms with E-state index in [1.165, 1.54) is 26.3 Å². The van der Waals surface area contributed by atoms with Gasteiger partial charge in [-0.1, -0.05) is 16.1 Å². The third kappa shape index (κ3) is 4.18. The Balaban J connectivity index is 2.22. The molecule has 1 aromatic heterocycles. The van der Waals surface area contributed by atoms with Gasteiger partial charge in [0.1, 0.15) is 10.7 Å². The maximum Gasteiger partial charge on any atom is 0.338 e. The Hall–Kier alpha value is -1.94. The minimum absolute atomic E-state index is 0.0208. The lowest BCUT2D eigenvalue weighted by Crippen LogP contribution is -2.26. The van der Waals surface area contributed by atoms with Crippen LogP contribution in [0.3, 0.4) is 0 Å². The second kappa shape index (κ2) is 7.52. The van der Waals surface area contributed by atoms with Crippen molar-refractivity contribution in [3.05, 3.63) is 46.1 Å². The fourth-order valence-corrected chi connectivity index (χ4v) is 3.35. The predicted octanol–water partition coefficient (Wildman–Crippen LogP) is 2.48. The molecular formula is C15H17ClN2O6S. The lowest BCUT2D eigenvalue weighted by atomic mass is 10.2. The molecular weight excluding hydrogens is 372 g/mol. The van der Waals surface area contributed by atoms with Gasteiger partial charge in [-0.2, -0.15) is 0 Å². The maximum absolute atomic E-state index is 12.3. The van der Waals surface area contributed by atoms with Gasteiger partial charge in [0.2, 0.25) is 5.89 Å². The normalized spacial score (nSPS) is 11.8. The standard InChI is InChI=1S/C15H17ClN2O6S/c1-9-10(2)24-14(17-9)8-23-15(19)11-5-6-12(16)13(7-11)25(20,21)18(3)22-4/h5-7H,8H2,1-4H3. The van der Waals surface area contributed by atoms with Crippen molar-refractivity contribution >= 4 is 27.6 Å². The molecule has 2 aromatic rings. The van der Waals surface area contributed by atoms with Crippen LogP contribution in [-0.4, -0.2) is 38.0 Å². The highest BCUT2D eigenvalue weighted by molar-refractivity contribution is 7.89. The van der Waals surface area contributed by atoms with Crippen LogP contribution >= 0.6 is 11.6 Å². The first-order valence-electron chi connectivity index (χ1n) is 7.09. The first-order chi connectivity index (χ1) is 11.7. The molecule has 25 heavy (non-hydrogen) atoms. The molecule has 0 aliphatic carbocycles. The minimum Gasteiger partial charge on any atom is -0.452 e. The smallest absolute Gasteiger partial charge is 0.338 e. The highest BCUT2D eigenvalue weighted by Crippen LogP contribution is 2.25. The molecule has 0 aliphatic heterocycles. The van der Waals surface area contributed by atoms with E-state index in [0.717, 1.165) is 6.07 Å². The van der Waals surface area contributed by atoms with E-state index in [-0.39, 0.29) is 28.0 Å². The van der Waals surface area contributed by atoms with Crippen LogP contribution in [0.4, 0.5) is 0 Å². The number of halogens is 1. The molecule has 1 heterocycles. The average Bonchev–Trinajstić information content (AvgIpc) is 2.90. The zero-order valence-corrected chi connectivity index (χ0v) is 15.6. The Labute approximate surface area is 150 Å². The van der Waals surface area contributed by atoms with E-state index in [0.29, 0.717) is 15.9 Å². The summed E-state index contributed by atoms with van der Waals surface area (Å²) in [7, 11) is -1.59. The number of oxazole rings is 1. The number of aryl methyl sites for hydroxylation is 2. The Kier molecular flexibility index (Phi) is 5.83. The van der Waals surface area contributed by atoms with Crippen molar-refractivity contribution in [2.45, 2.75) is 25.3 Å². The van der Waals surface area contributed by atoms with Crippen molar-refractivity contribution in [3.8, 4) is 0 Å². The highest BCUT2D eigenvalue weighted by Gasteiger charge is 2.25. The minimum atomic E-state index is -4.00. The Morgan fingerprint density at radius 1 is 1.36 bits per heavy atom. The van der Waals surface area contributed by atoms with Crippen molar-refractivity contribution in [1.29, 1.82) is 0 Å². The lowest BCUT2D eigenvalue weighted by Gasteiger charge is -2.15. The number of ether oxygens (including phenoxy) is 1. The SMILES string of the molecule is CON(C)S(=O)(=O)c1cc(C(=O)OCc2nc(C)c(C)o2)ccc1Cl. The van der Waals surface area contributed by atoms with Gasteiger partial charge in [-0.15, -0.1) is 0 Å². The fourth-order valence-electron chi connectivity index (χ4n) is 1.88. The molecule has 0 aliphatic rings. The molecule has 0 amide bonds. The Morgan fingerprint density at radius 3 is 2.60 bits per heavy atom. The summed E-state index contributed by atoms with van der Waals surface area (Å²) in [6.07, 6.45) is 0. The van der Waals surface area contributed by atoms with Gasteiger partial charge in [0, 0.05) is 7.05 Å². The van der Waals surface area contributed by atoms with Gasteiger partial charge >= 0.3 is 5.97 Å². The molecule has 10 heteroatoms. The van der Waals surface area contributed by atoms with Crippen LogP contribution in [0.15, 0.2) is 27.5 Å². The zero-order valence-electron chi connectivity index (χ0n) is 14.1. The van der Waals surface area contributed by atoms with E-state index in [9.17, 15) is 13.2 Å².